The highest BCUT2D eigenvalue weighted by Crippen LogP contribution is 2.14. The van der Waals surface area contributed by atoms with Gasteiger partial charge in [-0.2, -0.15) is 5.10 Å². The fourth-order valence-electron chi connectivity index (χ4n) is 2.00. The van der Waals surface area contributed by atoms with Crippen LogP contribution in [0.2, 0.25) is 0 Å². The molecule has 0 saturated heterocycles. The molecule has 0 radical (unpaired) electrons. The molecule has 1 amide bonds. The van der Waals surface area contributed by atoms with Crippen LogP contribution in [-0.4, -0.2) is 16.6 Å². The lowest BCUT2D eigenvalue weighted by atomic mass is 10.2. The molecule has 1 aromatic heterocycles. The van der Waals surface area contributed by atoms with Crippen LogP contribution in [0, 0.1) is 0 Å². The maximum absolute atomic E-state index is 11.7. The Bertz CT molecular complexity index is 431. The normalized spacial score (nSPS) is 16.1. The van der Waals surface area contributed by atoms with Crippen LogP contribution >= 0.6 is 11.3 Å². The summed E-state index contributed by atoms with van der Waals surface area (Å²) in [5.74, 6) is -0.128. The molecule has 18 heavy (non-hydrogen) atoms. The second-order valence-corrected chi connectivity index (χ2v) is 5.37. The van der Waals surface area contributed by atoms with Crippen LogP contribution < -0.4 is 11.2 Å². The van der Waals surface area contributed by atoms with Gasteiger partial charge in [0.05, 0.1) is 12.1 Å². The number of hydrogen-bond donors (Lipinski definition) is 2. The Morgan fingerprint density at radius 1 is 1.39 bits per heavy atom. The highest BCUT2D eigenvalue weighted by atomic mass is 32.1. The first-order valence-electron chi connectivity index (χ1n) is 6.28. The minimum Gasteiger partial charge on any atom is -0.375 e. The predicted molar refractivity (Wildman–Crippen MR) is 73.5 cm³/mol. The minimum atomic E-state index is -0.128. The Balaban J connectivity index is 1.81. The first-order valence-corrected chi connectivity index (χ1v) is 7.16. The van der Waals surface area contributed by atoms with Gasteiger partial charge in [0.1, 0.15) is 0 Å². The Kier molecular flexibility index (Phi) is 4.69. The second-order valence-electron chi connectivity index (χ2n) is 4.48. The van der Waals surface area contributed by atoms with E-state index in [0.29, 0.717) is 10.8 Å². The number of carbonyl (C=O) groups is 1. The lowest BCUT2D eigenvalue weighted by Crippen LogP contribution is -2.21. The average molecular weight is 266 g/mol. The van der Waals surface area contributed by atoms with Gasteiger partial charge in [-0.3, -0.25) is 4.79 Å². The summed E-state index contributed by atoms with van der Waals surface area (Å²) < 4.78 is 0. The molecule has 0 aromatic carbocycles. The van der Waals surface area contributed by atoms with Gasteiger partial charge >= 0.3 is 0 Å². The molecule has 3 N–H and O–H groups in total. The molecular weight excluding hydrogens is 248 g/mol. The number of thiazole rings is 1. The molecule has 1 aliphatic rings. The molecule has 0 spiro atoms. The molecule has 0 unspecified atom stereocenters. The number of amides is 1. The second kappa shape index (κ2) is 6.49. The molecule has 1 aromatic rings. The number of nitrogens with zero attached hydrogens (tertiary/aromatic N) is 2. The molecule has 5 nitrogen and oxygen atoms in total. The fraction of sp³-hybridized carbons (Fsp3) is 0.583. The molecule has 0 aliphatic heterocycles. The van der Waals surface area contributed by atoms with Gasteiger partial charge in [-0.25, -0.2) is 10.4 Å². The zero-order chi connectivity index (χ0) is 12.8. The van der Waals surface area contributed by atoms with Gasteiger partial charge < -0.3 is 5.73 Å². The van der Waals surface area contributed by atoms with Crippen molar-refractivity contribution < 1.29 is 4.79 Å². The molecular formula is C12H18N4OS. The Hall–Kier alpha value is -1.43. The third kappa shape index (κ3) is 4.10. The van der Waals surface area contributed by atoms with Crippen molar-refractivity contribution in [2.24, 2.45) is 5.10 Å². The maximum Gasteiger partial charge on any atom is 0.246 e. The summed E-state index contributed by atoms with van der Waals surface area (Å²) in [6, 6.07) is 0. The van der Waals surface area contributed by atoms with Gasteiger partial charge in [0.2, 0.25) is 5.91 Å². The number of hydrogen-bond acceptors (Lipinski definition) is 5. The molecule has 0 atom stereocenters. The number of nitrogen functional groups attached to an aromatic ring is 1. The Morgan fingerprint density at radius 2 is 2.11 bits per heavy atom. The van der Waals surface area contributed by atoms with Gasteiger partial charge in [-0.1, -0.05) is 12.8 Å². The first kappa shape index (κ1) is 13.0. The van der Waals surface area contributed by atoms with Crippen LogP contribution in [0.25, 0.3) is 0 Å². The molecule has 0 bridgehead atoms. The molecule has 6 heteroatoms. The fourth-order valence-corrected chi connectivity index (χ4v) is 2.56. The van der Waals surface area contributed by atoms with Crippen molar-refractivity contribution in [3.05, 3.63) is 11.1 Å². The van der Waals surface area contributed by atoms with Gasteiger partial charge in [0.25, 0.3) is 0 Å². The lowest BCUT2D eigenvalue weighted by molar-refractivity contribution is -0.120. The van der Waals surface area contributed by atoms with Gasteiger partial charge in [0, 0.05) is 11.1 Å². The van der Waals surface area contributed by atoms with E-state index in [4.69, 9.17) is 5.73 Å². The van der Waals surface area contributed by atoms with Crippen LogP contribution in [-0.2, 0) is 11.2 Å². The quantitative estimate of drug-likeness (QED) is 0.649. The number of rotatable bonds is 3. The Labute approximate surface area is 110 Å². The van der Waals surface area contributed by atoms with Crippen molar-refractivity contribution in [2.75, 3.05) is 5.73 Å². The summed E-state index contributed by atoms with van der Waals surface area (Å²) in [5, 5.41) is 6.50. The van der Waals surface area contributed by atoms with Crippen molar-refractivity contribution in [1.29, 1.82) is 0 Å². The molecule has 2 rings (SSSR count). The summed E-state index contributed by atoms with van der Waals surface area (Å²) in [5.41, 5.74) is 9.94. The molecule has 1 heterocycles. The van der Waals surface area contributed by atoms with Crippen molar-refractivity contribution in [2.45, 2.75) is 44.9 Å². The van der Waals surface area contributed by atoms with Crippen molar-refractivity contribution >= 4 is 28.1 Å². The zero-order valence-electron chi connectivity index (χ0n) is 10.3. The smallest absolute Gasteiger partial charge is 0.246 e. The Morgan fingerprint density at radius 3 is 2.72 bits per heavy atom. The third-order valence-corrected chi connectivity index (χ3v) is 3.65. The van der Waals surface area contributed by atoms with E-state index in [1.807, 2.05) is 0 Å². The largest absolute Gasteiger partial charge is 0.375 e. The van der Waals surface area contributed by atoms with E-state index in [-0.39, 0.29) is 12.3 Å². The number of nitrogens with two attached hydrogens (primary N) is 1. The highest BCUT2D eigenvalue weighted by molar-refractivity contribution is 7.13. The summed E-state index contributed by atoms with van der Waals surface area (Å²) >= 11 is 1.35. The van der Waals surface area contributed by atoms with E-state index in [1.165, 1.54) is 37.0 Å². The predicted octanol–water partition coefficient (Wildman–Crippen LogP) is 2.09. The average Bonchev–Trinajstić information content (AvgIpc) is 2.62. The number of aromatic nitrogens is 1. The van der Waals surface area contributed by atoms with Crippen LogP contribution in [0.5, 0.6) is 0 Å². The van der Waals surface area contributed by atoms with Gasteiger partial charge in [-0.05, 0) is 25.7 Å². The van der Waals surface area contributed by atoms with Crippen LogP contribution in [0.15, 0.2) is 10.5 Å². The first-order chi connectivity index (χ1) is 8.74. The highest BCUT2D eigenvalue weighted by Gasteiger charge is 2.08. The van der Waals surface area contributed by atoms with Gasteiger partial charge in [-0.15, -0.1) is 11.3 Å². The number of nitrogens with one attached hydrogen (secondary N) is 1. The summed E-state index contributed by atoms with van der Waals surface area (Å²) in [6.45, 7) is 0. The third-order valence-electron chi connectivity index (χ3n) is 2.93. The minimum absolute atomic E-state index is 0.128. The molecule has 1 aliphatic carbocycles. The standard InChI is InChI=1S/C12H18N4OS/c13-12-14-10(8-18-12)7-11(17)16-15-9-5-3-1-2-4-6-9/h8H,1-7H2,(H2,13,14)(H,16,17). The van der Waals surface area contributed by atoms with E-state index in [9.17, 15) is 4.79 Å². The van der Waals surface area contributed by atoms with E-state index in [1.54, 1.807) is 5.38 Å². The lowest BCUT2D eigenvalue weighted by Gasteiger charge is -2.02. The van der Waals surface area contributed by atoms with Crippen molar-refractivity contribution in [3.8, 4) is 0 Å². The van der Waals surface area contributed by atoms with Crippen LogP contribution in [0.3, 0.4) is 0 Å². The van der Waals surface area contributed by atoms with E-state index < -0.39 is 0 Å². The monoisotopic (exact) mass is 266 g/mol. The van der Waals surface area contributed by atoms with Crippen LogP contribution in [0.4, 0.5) is 5.13 Å². The maximum atomic E-state index is 11.7. The molecule has 1 saturated carbocycles. The summed E-state index contributed by atoms with van der Waals surface area (Å²) in [4.78, 5) is 15.7. The summed E-state index contributed by atoms with van der Waals surface area (Å²) in [6.07, 6.45) is 7.14. The van der Waals surface area contributed by atoms with Crippen molar-refractivity contribution in [1.82, 2.24) is 10.4 Å². The SMILES string of the molecule is Nc1nc(CC(=O)NN=C2CCCCCC2)cs1. The van der Waals surface area contributed by atoms with E-state index >= 15 is 0 Å². The van der Waals surface area contributed by atoms with E-state index in [0.717, 1.165) is 18.6 Å². The zero-order valence-corrected chi connectivity index (χ0v) is 11.1. The summed E-state index contributed by atoms with van der Waals surface area (Å²) in [7, 11) is 0. The molecule has 1 fully saturated rings. The van der Waals surface area contributed by atoms with E-state index in [2.05, 4.69) is 15.5 Å². The van der Waals surface area contributed by atoms with Gasteiger partial charge in [0.15, 0.2) is 5.13 Å². The number of carbonyl (C=O) groups excluding carboxylic acids is 1. The molecule has 98 valence electrons. The topological polar surface area (TPSA) is 80.4 Å². The number of anilines is 1. The number of hydrazone groups is 1. The van der Waals surface area contributed by atoms with Crippen molar-refractivity contribution in [3.63, 3.8) is 0 Å². The van der Waals surface area contributed by atoms with Crippen LogP contribution in [0.1, 0.15) is 44.2 Å².